The summed E-state index contributed by atoms with van der Waals surface area (Å²) >= 11 is 0. The van der Waals surface area contributed by atoms with Crippen molar-refractivity contribution in [1.82, 2.24) is 20.2 Å². The summed E-state index contributed by atoms with van der Waals surface area (Å²) in [7, 11) is 1.70. The van der Waals surface area contributed by atoms with Gasteiger partial charge in [-0.05, 0) is 31.0 Å². The van der Waals surface area contributed by atoms with Crippen molar-refractivity contribution in [2.45, 2.75) is 25.9 Å². The Morgan fingerprint density at radius 3 is 2.95 bits per heavy atom. The van der Waals surface area contributed by atoms with Gasteiger partial charge in [-0.15, -0.1) is 0 Å². The van der Waals surface area contributed by atoms with Gasteiger partial charge in [-0.2, -0.15) is 5.10 Å². The molecule has 0 radical (unpaired) electrons. The molecule has 2 aromatic heterocycles. The molecule has 0 aliphatic rings. The molecule has 0 amide bonds. The van der Waals surface area contributed by atoms with Crippen molar-refractivity contribution in [3.8, 4) is 0 Å². The van der Waals surface area contributed by atoms with Gasteiger partial charge >= 0.3 is 0 Å². The molecular formula is C14H21N5O. The summed E-state index contributed by atoms with van der Waals surface area (Å²) in [5, 5.41) is 4.35. The molecule has 2 heterocycles. The van der Waals surface area contributed by atoms with Crippen LogP contribution in [0.15, 0.2) is 30.6 Å². The predicted molar refractivity (Wildman–Crippen MR) is 76.9 cm³/mol. The van der Waals surface area contributed by atoms with Crippen LogP contribution in [0.1, 0.15) is 29.4 Å². The molecule has 108 valence electrons. The summed E-state index contributed by atoms with van der Waals surface area (Å²) in [6.45, 7) is 3.53. The van der Waals surface area contributed by atoms with E-state index in [0.717, 1.165) is 29.9 Å². The number of rotatable bonds is 7. The van der Waals surface area contributed by atoms with Crippen molar-refractivity contribution in [2.24, 2.45) is 5.84 Å². The van der Waals surface area contributed by atoms with Gasteiger partial charge in [0, 0.05) is 32.7 Å². The molecular weight excluding hydrogens is 254 g/mol. The fourth-order valence-corrected chi connectivity index (χ4v) is 2.24. The lowest BCUT2D eigenvalue weighted by Crippen LogP contribution is -2.32. The molecule has 20 heavy (non-hydrogen) atoms. The van der Waals surface area contributed by atoms with E-state index in [0.29, 0.717) is 6.61 Å². The highest BCUT2D eigenvalue weighted by molar-refractivity contribution is 5.28. The summed E-state index contributed by atoms with van der Waals surface area (Å²) in [5.74, 6) is 5.73. The van der Waals surface area contributed by atoms with E-state index >= 15 is 0 Å². The average Bonchev–Trinajstić information content (AvgIpc) is 2.91. The van der Waals surface area contributed by atoms with Crippen molar-refractivity contribution in [3.05, 3.63) is 47.5 Å². The van der Waals surface area contributed by atoms with E-state index in [-0.39, 0.29) is 6.04 Å². The Labute approximate surface area is 118 Å². The Hall–Kier alpha value is -1.76. The molecule has 0 bridgehead atoms. The van der Waals surface area contributed by atoms with Crippen LogP contribution in [0.4, 0.5) is 0 Å². The highest BCUT2D eigenvalue weighted by atomic mass is 16.5. The highest BCUT2D eigenvalue weighted by Crippen LogP contribution is 2.22. The molecule has 0 aromatic carbocycles. The minimum absolute atomic E-state index is 0.166. The molecule has 1 atom stereocenters. The van der Waals surface area contributed by atoms with Gasteiger partial charge in [0.1, 0.15) is 6.04 Å². The van der Waals surface area contributed by atoms with Crippen molar-refractivity contribution in [2.75, 3.05) is 13.7 Å². The van der Waals surface area contributed by atoms with E-state index in [1.807, 2.05) is 29.8 Å². The molecule has 0 aliphatic carbocycles. The fourth-order valence-electron chi connectivity index (χ4n) is 2.24. The van der Waals surface area contributed by atoms with Gasteiger partial charge < -0.3 is 4.74 Å². The van der Waals surface area contributed by atoms with Crippen molar-refractivity contribution in [3.63, 3.8) is 0 Å². The highest BCUT2D eigenvalue weighted by Gasteiger charge is 2.19. The first-order valence-electron chi connectivity index (χ1n) is 6.66. The van der Waals surface area contributed by atoms with Crippen LogP contribution >= 0.6 is 0 Å². The number of aryl methyl sites for hydroxylation is 2. The third kappa shape index (κ3) is 3.22. The first kappa shape index (κ1) is 14.6. The van der Waals surface area contributed by atoms with Crippen LogP contribution in [0, 0.1) is 6.92 Å². The van der Waals surface area contributed by atoms with Crippen molar-refractivity contribution >= 4 is 0 Å². The summed E-state index contributed by atoms with van der Waals surface area (Å²) in [6, 6.07) is 5.74. The zero-order valence-corrected chi connectivity index (χ0v) is 11.9. The Morgan fingerprint density at radius 1 is 1.40 bits per heavy atom. The van der Waals surface area contributed by atoms with E-state index in [2.05, 4.69) is 15.5 Å². The quantitative estimate of drug-likeness (QED) is 0.450. The normalized spacial score (nSPS) is 12.6. The second kappa shape index (κ2) is 7.14. The van der Waals surface area contributed by atoms with Crippen LogP contribution in [0.5, 0.6) is 0 Å². The summed E-state index contributed by atoms with van der Waals surface area (Å²) < 4.78 is 7.02. The van der Waals surface area contributed by atoms with E-state index in [4.69, 9.17) is 10.6 Å². The molecule has 0 saturated carbocycles. The Kier molecular flexibility index (Phi) is 5.23. The van der Waals surface area contributed by atoms with E-state index in [1.165, 1.54) is 0 Å². The maximum Gasteiger partial charge on any atom is 0.105 e. The van der Waals surface area contributed by atoms with Crippen LogP contribution in [-0.2, 0) is 11.3 Å². The number of pyridine rings is 1. The van der Waals surface area contributed by atoms with Crippen molar-refractivity contribution in [1.29, 1.82) is 0 Å². The van der Waals surface area contributed by atoms with E-state index < -0.39 is 0 Å². The fraction of sp³-hybridized carbons (Fsp3) is 0.429. The number of aromatic nitrogens is 3. The van der Waals surface area contributed by atoms with Crippen LogP contribution in [0.25, 0.3) is 0 Å². The Morgan fingerprint density at radius 2 is 2.25 bits per heavy atom. The van der Waals surface area contributed by atoms with Crippen LogP contribution in [0.2, 0.25) is 0 Å². The third-order valence-electron chi connectivity index (χ3n) is 3.25. The zero-order valence-electron chi connectivity index (χ0n) is 11.9. The first-order chi connectivity index (χ1) is 9.77. The average molecular weight is 275 g/mol. The van der Waals surface area contributed by atoms with Gasteiger partial charge in [0.2, 0.25) is 0 Å². The monoisotopic (exact) mass is 275 g/mol. The minimum atomic E-state index is -0.166. The number of hydrazine groups is 1. The molecule has 0 spiro atoms. The molecule has 6 heteroatoms. The number of ether oxygens (including phenoxy) is 1. The lowest BCUT2D eigenvalue weighted by Gasteiger charge is -2.19. The molecule has 3 N–H and O–H groups in total. The number of nitrogens with two attached hydrogens (primary N) is 1. The Bertz CT molecular complexity index is 540. The molecule has 0 fully saturated rings. The smallest absolute Gasteiger partial charge is 0.105 e. The van der Waals surface area contributed by atoms with Crippen LogP contribution < -0.4 is 11.3 Å². The van der Waals surface area contributed by atoms with E-state index in [1.54, 1.807) is 19.5 Å². The predicted octanol–water partition coefficient (Wildman–Crippen LogP) is 1.18. The maximum atomic E-state index is 5.73. The lowest BCUT2D eigenvalue weighted by molar-refractivity contribution is 0.188. The number of hydrogen-bond acceptors (Lipinski definition) is 5. The molecule has 2 rings (SSSR count). The van der Waals surface area contributed by atoms with E-state index in [9.17, 15) is 0 Å². The third-order valence-corrected chi connectivity index (χ3v) is 3.25. The largest absolute Gasteiger partial charge is 0.385 e. The molecule has 0 aliphatic heterocycles. The van der Waals surface area contributed by atoms with Gasteiger partial charge in [0.25, 0.3) is 0 Å². The maximum absolute atomic E-state index is 5.73. The van der Waals surface area contributed by atoms with Gasteiger partial charge in [0.15, 0.2) is 0 Å². The second-order valence-corrected chi connectivity index (χ2v) is 4.63. The lowest BCUT2D eigenvalue weighted by atomic mass is 10.1. The summed E-state index contributed by atoms with van der Waals surface area (Å²) in [4.78, 5) is 4.43. The second-order valence-electron chi connectivity index (χ2n) is 4.63. The number of nitrogens with zero attached hydrogens (tertiary/aromatic N) is 3. The first-order valence-corrected chi connectivity index (χ1v) is 6.66. The van der Waals surface area contributed by atoms with Crippen LogP contribution in [-0.4, -0.2) is 28.5 Å². The molecule has 0 saturated heterocycles. The standard InChI is InChI=1S/C14H21N5O/c1-11-5-3-7-16-13(11)14(18-15)12-6-8-17-19(12)9-4-10-20-2/h3,5-8,14,18H,4,9-10,15H2,1-2H3. The zero-order chi connectivity index (χ0) is 14.4. The van der Waals surface area contributed by atoms with Crippen LogP contribution in [0.3, 0.4) is 0 Å². The molecule has 1 unspecified atom stereocenters. The minimum Gasteiger partial charge on any atom is -0.385 e. The number of methoxy groups -OCH3 is 1. The van der Waals surface area contributed by atoms with Gasteiger partial charge in [-0.1, -0.05) is 6.07 Å². The van der Waals surface area contributed by atoms with Gasteiger partial charge in [-0.3, -0.25) is 15.5 Å². The number of nitrogens with one attached hydrogen (secondary N) is 1. The number of hydrogen-bond donors (Lipinski definition) is 2. The SMILES string of the molecule is COCCCn1nccc1C(NN)c1ncccc1C. The summed E-state index contributed by atoms with van der Waals surface area (Å²) in [6.07, 6.45) is 4.47. The summed E-state index contributed by atoms with van der Waals surface area (Å²) in [5.41, 5.74) is 5.86. The Balaban J connectivity index is 2.24. The van der Waals surface area contributed by atoms with Gasteiger partial charge in [0.05, 0.1) is 11.4 Å². The van der Waals surface area contributed by atoms with Gasteiger partial charge in [-0.25, -0.2) is 5.43 Å². The molecule has 2 aromatic rings. The van der Waals surface area contributed by atoms with Crippen molar-refractivity contribution < 1.29 is 4.74 Å². The topological polar surface area (TPSA) is 78.0 Å². The molecule has 6 nitrogen and oxygen atoms in total.